The molecule has 0 spiro atoms. The summed E-state index contributed by atoms with van der Waals surface area (Å²) in [6.07, 6.45) is 2.48. The van der Waals surface area contributed by atoms with Crippen molar-refractivity contribution in [2.75, 3.05) is 0 Å². The molecule has 2 aliphatic rings. The van der Waals surface area contributed by atoms with Crippen LogP contribution in [0.5, 0.6) is 0 Å². The van der Waals surface area contributed by atoms with E-state index in [4.69, 9.17) is 5.73 Å². The third-order valence-electron chi connectivity index (χ3n) is 3.48. The van der Waals surface area contributed by atoms with E-state index in [1.165, 1.54) is 4.90 Å². The third kappa shape index (κ3) is 1.80. The van der Waals surface area contributed by atoms with Crippen molar-refractivity contribution in [2.45, 2.75) is 51.2 Å². The lowest BCUT2D eigenvalue weighted by atomic mass is 10.0. The van der Waals surface area contributed by atoms with Crippen molar-refractivity contribution in [3.63, 3.8) is 0 Å². The van der Waals surface area contributed by atoms with Crippen molar-refractivity contribution in [1.82, 2.24) is 10.2 Å². The molecule has 2 fully saturated rings. The second kappa shape index (κ2) is 4.05. The fourth-order valence-electron chi connectivity index (χ4n) is 2.54. The zero-order chi connectivity index (χ0) is 11.9. The normalized spacial score (nSPS) is 35.0. The number of urea groups is 1. The number of hydrogen-bond acceptors (Lipinski definition) is 3. The van der Waals surface area contributed by atoms with Gasteiger partial charge in [-0.2, -0.15) is 0 Å². The number of nitrogens with two attached hydrogens (primary N) is 1. The average molecular weight is 225 g/mol. The summed E-state index contributed by atoms with van der Waals surface area (Å²) in [5.74, 6) is 0.0515. The minimum Gasteiger partial charge on any atom is -0.328 e. The van der Waals surface area contributed by atoms with Crippen LogP contribution in [0.2, 0.25) is 0 Å². The standard InChI is InChI=1S/C11H19N3O2/c1-6(2)9-10(15)14(11(16)13-9)8-4-3-7(12)5-8/h6-9H,3-5,12H2,1-2H3,(H,13,16). The van der Waals surface area contributed by atoms with E-state index in [1.54, 1.807) is 0 Å². The predicted octanol–water partition coefficient (Wildman–Crippen LogP) is 0.443. The first-order valence-electron chi connectivity index (χ1n) is 5.90. The van der Waals surface area contributed by atoms with Crippen molar-refractivity contribution < 1.29 is 9.59 Å². The van der Waals surface area contributed by atoms with E-state index < -0.39 is 0 Å². The minimum atomic E-state index is -0.357. The molecule has 90 valence electrons. The molecule has 3 atom stereocenters. The maximum Gasteiger partial charge on any atom is 0.325 e. The number of hydrogen-bond donors (Lipinski definition) is 2. The number of nitrogens with zero attached hydrogens (tertiary/aromatic N) is 1. The van der Waals surface area contributed by atoms with E-state index in [2.05, 4.69) is 5.32 Å². The molecule has 5 nitrogen and oxygen atoms in total. The van der Waals surface area contributed by atoms with Gasteiger partial charge in [0.2, 0.25) is 0 Å². The van der Waals surface area contributed by atoms with Gasteiger partial charge in [0.25, 0.3) is 5.91 Å². The highest BCUT2D eigenvalue weighted by molar-refractivity contribution is 6.04. The van der Waals surface area contributed by atoms with Crippen LogP contribution >= 0.6 is 0 Å². The van der Waals surface area contributed by atoms with Gasteiger partial charge in [-0.05, 0) is 25.2 Å². The second-order valence-electron chi connectivity index (χ2n) is 5.11. The van der Waals surface area contributed by atoms with Crippen molar-refractivity contribution in [2.24, 2.45) is 11.7 Å². The molecule has 1 heterocycles. The molecule has 0 aromatic heterocycles. The Bertz CT molecular complexity index is 316. The van der Waals surface area contributed by atoms with Crippen LogP contribution in [-0.4, -0.2) is 35.0 Å². The Kier molecular flexibility index (Phi) is 2.88. The van der Waals surface area contributed by atoms with E-state index in [0.29, 0.717) is 0 Å². The smallest absolute Gasteiger partial charge is 0.325 e. The number of carbonyl (C=O) groups is 2. The zero-order valence-corrected chi connectivity index (χ0v) is 9.77. The fraction of sp³-hybridized carbons (Fsp3) is 0.818. The topological polar surface area (TPSA) is 75.4 Å². The Morgan fingerprint density at radius 3 is 2.50 bits per heavy atom. The quantitative estimate of drug-likeness (QED) is 0.670. The number of carbonyl (C=O) groups excluding carboxylic acids is 2. The highest BCUT2D eigenvalue weighted by Crippen LogP contribution is 2.27. The monoisotopic (exact) mass is 225 g/mol. The van der Waals surface area contributed by atoms with E-state index in [9.17, 15) is 9.59 Å². The Labute approximate surface area is 95.3 Å². The lowest BCUT2D eigenvalue weighted by Crippen LogP contribution is -2.40. The van der Waals surface area contributed by atoms with Crippen LogP contribution in [0.15, 0.2) is 0 Å². The average Bonchev–Trinajstić information content (AvgIpc) is 2.71. The third-order valence-corrected chi connectivity index (χ3v) is 3.48. The second-order valence-corrected chi connectivity index (χ2v) is 5.11. The summed E-state index contributed by atoms with van der Waals surface area (Å²) in [6.45, 7) is 3.87. The first-order chi connectivity index (χ1) is 7.50. The minimum absolute atomic E-state index is 0.00579. The zero-order valence-electron chi connectivity index (χ0n) is 9.77. The lowest BCUT2D eigenvalue weighted by molar-refractivity contribution is -0.129. The van der Waals surface area contributed by atoms with E-state index >= 15 is 0 Å². The summed E-state index contributed by atoms with van der Waals surface area (Å²) in [7, 11) is 0. The van der Waals surface area contributed by atoms with E-state index in [0.717, 1.165) is 19.3 Å². The van der Waals surface area contributed by atoms with Crippen LogP contribution in [-0.2, 0) is 4.79 Å². The molecule has 0 aromatic rings. The van der Waals surface area contributed by atoms with Gasteiger partial charge in [-0.3, -0.25) is 9.69 Å². The number of rotatable bonds is 2. The van der Waals surface area contributed by atoms with Crippen LogP contribution in [0.1, 0.15) is 33.1 Å². The Balaban J connectivity index is 2.10. The molecule has 5 heteroatoms. The highest BCUT2D eigenvalue weighted by atomic mass is 16.2. The van der Waals surface area contributed by atoms with Crippen LogP contribution in [0.4, 0.5) is 4.79 Å². The van der Waals surface area contributed by atoms with Crippen molar-refractivity contribution in [3.8, 4) is 0 Å². The lowest BCUT2D eigenvalue weighted by Gasteiger charge is -2.21. The molecule has 1 saturated heterocycles. The Morgan fingerprint density at radius 1 is 1.38 bits per heavy atom. The first-order valence-corrected chi connectivity index (χ1v) is 5.90. The molecule has 0 aromatic carbocycles. The van der Waals surface area contributed by atoms with E-state index in [-0.39, 0.29) is 36.0 Å². The van der Waals surface area contributed by atoms with Gasteiger partial charge in [-0.1, -0.05) is 13.8 Å². The number of imide groups is 1. The summed E-state index contributed by atoms with van der Waals surface area (Å²) in [5.41, 5.74) is 5.81. The van der Waals surface area contributed by atoms with Crippen molar-refractivity contribution >= 4 is 11.9 Å². The molecule has 16 heavy (non-hydrogen) atoms. The fourth-order valence-corrected chi connectivity index (χ4v) is 2.54. The molecular formula is C11H19N3O2. The Hall–Kier alpha value is -1.10. The summed E-state index contributed by atoms with van der Waals surface area (Å²) < 4.78 is 0. The van der Waals surface area contributed by atoms with Gasteiger partial charge in [0.1, 0.15) is 6.04 Å². The molecule has 3 amide bonds. The summed E-state index contributed by atoms with van der Waals surface area (Å²) in [6, 6.07) is -0.470. The predicted molar refractivity (Wildman–Crippen MR) is 59.6 cm³/mol. The molecule has 0 bridgehead atoms. The number of amides is 3. The summed E-state index contributed by atoms with van der Waals surface area (Å²) in [4.78, 5) is 25.2. The number of nitrogens with one attached hydrogen (secondary N) is 1. The SMILES string of the molecule is CC(C)C1NC(=O)N(C2CCC(N)C2)C1=O. The van der Waals surface area contributed by atoms with Crippen LogP contribution in [0.25, 0.3) is 0 Å². The first kappa shape index (κ1) is 11.4. The molecule has 1 aliphatic carbocycles. The van der Waals surface area contributed by atoms with Crippen LogP contribution in [0, 0.1) is 5.92 Å². The van der Waals surface area contributed by atoms with Gasteiger partial charge in [0.15, 0.2) is 0 Å². The van der Waals surface area contributed by atoms with Gasteiger partial charge < -0.3 is 11.1 Å². The largest absolute Gasteiger partial charge is 0.328 e. The molecule has 2 rings (SSSR count). The van der Waals surface area contributed by atoms with Crippen molar-refractivity contribution in [1.29, 1.82) is 0 Å². The van der Waals surface area contributed by atoms with Crippen molar-refractivity contribution in [3.05, 3.63) is 0 Å². The highest BCUT2D eigenvalue weighted by Gasteiger charge is 2.44. The van der Waals surface area contributed by atoms with Gasteiger partial charge in [-0.25, -0.2) is 4.79 Å². The molecular weight excluding hydrogens is 206 g/mol. The molecule has 3 N–H and O–H groups in total. The summed E-state index contributed by atoms with van der Waals surface area (Å²) >= 11 is 0. The molecule has 1 aliphatic heterocycles. The van der Waals surface area contributed by atoms with Gasteiger partial charge >= 0.3 is 6.03 Å². The summed E-state index contributed by atoms with van der Waals surface area (Å²) in [5, 5.41) is 2.74. The van der Waals surface area contributed by atoms with E-state index in [1.807, 2.05) is 13.8 Å². The van der Waals surface area contributed by atoms with Gasteiger partial charge in [0.05, 0.1) is 0 Å². The maximum atomic E-state index is 12.1. The maximum absolute atomic E-state index is 12.1. The molecule has 0 radical (unpaired) electrons. The molecule has 3 unspecified atom stereocenters. The van der Waals surface area contributed by atoms with Crippen LogP contribution < -0.4 is 11.1 Å². The van der Waals surface area contributed by atoms with Gasteiger partial charge in [-0.15, -0.1) is 0 Å². The Morgan fingerprint density at radius 2 is 2.06 bits per heavy atom. The van der Waals surface area contributed by atoms with Crippen LogP contribution in [0.3, 0.4) is 0 Å². The molecule has 1 saturated carbocycles. The van der Waals surface area contributed by atoms with Gasteiger partial charge in [0, 0.05) is 12.1 Å².